The van der Waals surface area contributed by atoms with Gasteiger partial charge < -0.3 is 20.1 Å². The Bertz CT molecular complexity index is 1550. The highest BCUT2D eigenvalue weighted by Crippen LogP contribution is 2.35. The number of para-hydroxylation sites is 1. The second-order valence-electron chi connectivity index (χ2n) is 9.54. The van der Waals surface area contributed by atoms with Crippen molar-refractivity contribution in [3.05, 3.63) is 84.5 Å². The first-order chi connectivity index (χ1) is 19.0. The van der Waals surface area contributed by atoms with Gasteiger partial charge in [0.25, 0.3) is 5.56 Å². The van der Waals surface area contributed by atoms with Crippen LogP contribution in [-0.2, 0) is 16.1 Å². The molecule has 0 amide bonds. The highest BCUT2D eigenvalue weighted by atomic mass is 35.5. The zero-order valence-electron chi connectivity index (χ0n) is 21.2. The molecule has 3 aliphatic rings. The molecule has 3 aromatic rings. The molecular weight excluding hydrogens is 583 g/mol. The lowest BCUT2D eigenvalue weighted by molar-refractivity contribution is -0.134. The number of carboxylic acids is 2. The summed E-state index contributed by atoms with van der Waals surface area (Å²) in [5.41, 5.74) is 0.802. The van der Waals surface area contributed by atoms with Crippen molar-refractivity contribution in [3.8, 4) is 0 Å². The van der Waals surface area contributed by atoms with Crippen molar-refractivity contribution in [2.75, 3.05) is 24.5 Å². The number of nitrogens with one attached hydrogen (secondary N) is 1. The van der Waals surface area contributed by atoms with Crippen LogP contribution >= 0.6 is 34.8 Å². The van der Waals surface area contributed by atoms with E-state index < -0.39 is 17.6 Å². The van der Waals surface area contributed by atoms with Gasteiger partial charge in [-0.3, -0.25) is 14.3 Å². The highest BCUT2D eigenvalue weighted by molar-refractivity contribution is 6.42. The molecule has 0 saturated carbocycles. The minimum atomic E-state index is -1.26. The van der Waals surface area contributed by atoms with Crippen LogP contribution in [0, 0.1) is 0 Å². The number of rotatable bonds is 7. The van der Waals surface area contributed by atoms with Crippen LogP contribution in [0.3, 0.4) is 0 Å². The Balaban J connectivity index is 0.000000406. The third-order valence-electron chi connectivity index (χ3n) is 7.04. The number of hydrogen-bond acceptors (Lipinski definition) is 6. The maximum absolute atomic E-state index is 12.8. The number of aromatic amines is 1. The topological polar surface area (TPSA) is 136 Å². The lowest BCUT2D eigenvalue weighted by Gasteiger charge is -2.52. The first kappa shape index (κ1) is 29.7. The molecule has 2 aromatic carbocycles. The molecule has 2 atom stereocenters. The maximum Gasteiger partial charge on any atom is 0.328 e. The number of nitrogens with zero attached hydrogens (tertiary/aromatic N) is 3. The number of aliphatic carboxylic acids is 2. The van der Waals surface area contributed by atoms with Gasteiger partial charge in [0.1, 0.15) is 0 Å². The average molecular weight is 610 g/mol. The predicted octanol–water partition coefficient (Wildman–Crippen LogP) is 4.11. The number of anilines is 1. The molecular formula is C27H27Cl3N4O6. The zero-order chi connectivity index (χ0) is 29.0. The van der Waals surface area contributed by atoms with E-state index in [0.717, 1.165) is 44.6 Å². The molecule has 10 nitrogen and oxygen atoms in total. The van der Waals surface area contributed by atoms with Crippen LogP contribution in [0.15, 0.2) is 58.1 Å². The highest BCUT2D eigenvalue weighted by Gasteiger charge is 2.38. The Labute approximate surface area is 244 Å². The van der Waals surface area contributed by atoms with Crippen molar-refractivity contribution in [2.45, 2.75) is 37.9 Å². The van der Waals surface area contributed by atoms with E-state index in [9.17, 15) is 19.2 Å². The number of piperazine rings is 1. The molecule has 4 heterocycles. The number of fused-ring (bicyclic) bond motifs is 4. The van der Waals surface area contributed by atoms with E-state index in [2.05, 4.69) is 14.8 Å². The van der Waals surface area contributed by atoms with Crippen LogP contribution in [0.5, 0.6) is 0 Å². The fourth-order valence-electron chi connectivity index (χ4n) is 5.19. The summed E-state index contributed by atoms with van der Waals surface area (Å²) in [5, 5.41) is 17.6. The van der Waals surface area contributed by atoms with Crippen molar-refractivity contribution in [2.24, 2.45) is 0 Å². The SMILES string of the molecule is O=C(O)/C=C\C(=O)O.O=c1[nH]c2c(Cl)cccc2c(=O)n1CCCN1CC2CCC1CN2c1ccc(Cl)c(Cl)c1. The third kappa shape index (κ3) is 6.87. The second kappa shape index (κ2) is 12.9. The van der Waals surface area contributed by atoms with Crippen molar-refractivity contribution >= 4 is 63.3 Å². The Morgan fingerprint density at radius 1 is 0.900 bits per heavy atom. The summed E-state index contributed by atoms with van der Waals surface area (Å²) in [6, 6.07) is 11.8. The average Bonchev–Trinajstić information content (AvgIpc) is 2.92. The molecule has 3 saturated heterocycles. The second-order valence-corrected chi connectivity index (χ2v) is 10.8. The number of piperidine rings is 2. The Hall–Kier alpha value is -3.31. The smallest absolute Gasteiger partial charge is 0.328 e. The summed E-state index contributed by atoms with van der Waals surface area (Å²) in [5.74, 6) is -2.51. The molecule has 1 aromatic heterocycles. The number of benzene rings is 2. The van der Waals surface area contributed by atoms with Gasteiger partial charge in [0.2, 0.25) is 0 Å². The van der Waals surface area contributed by atoms with Crippen LogP contribution in [-0.4, -0.2) is 68.3 Å². The third-order valence-corrected chi connectivity index (χ3v) is 8.09. The fraction of sp³-hybridized carbons (Fsp3) is 0.333. The van der Waals surface area contributed by atoms with Crippen molar-refractivity contribution in [1.82, 2.24) is 14.5 Å². The quantitative estimate of drug-likeness (QED) is 0.341. The zero-order valence-corrected chi connectivity index (χ0v) is 23.5. The predicted molar refractivity (Wildman–Crippen MR) is 155 cm³/mol. The summed E-state index contributed by atoms with van der Waals surface area (Å²) in [6.07, 6.45) is 4.14. The molecule has 6 rings (SSSR count). The van der Waals surface area contributed by atoms with Gasteiger partial charge in [-0.1, -0.05) is 40.9 Å². The molecule has 2 bridgehead atoms. The van der Waals surface area contributed by atoms with Gasteiger partial charge in [0, 0.05) is 56.1 Å². The maximum atomic E-state index is 12.8. The molecule has 0 aliphatic carbocycles. The van der Waals surface area contributed by atoms with Gasteiger partial charge in [-0.05, 0) is 49.6 Å². The van der Waals surface area contributed by atoms with Gasteiger partial charge in [-0.15, -0.1) is 0 Å². The molecule has 3 aliphatic heterocycles. The standard InChI is InChI=1S/C23H23Cl3N4O2.C4H4O4/c24-18-8-7-14(11-20(18)26)30-13-15-5-6-16(30)12-28(15)9-2-10-29-22(31)17-3-1-4-19(25)21(17)27-23(29)32;5-3(6)1-2-4(7)8/h1,3-4,7-8,11,15-16H,2,5-6,9-10,12-13H2,(H,27,32);1-2H,(H,5,6)(H,7,8)/b;2-1-. The lowest BCUT2D eigenvalue weighted by atomic mass is 9.90. The number of aromatic nitrogens is 2. The Morgan fingerprint density at radius 2 is 1.60 bits per heavy atom. The molecule has 0 spiro atoms. The van der Waals surface area contributed by atoms with Crippen molar-refractivity contribution in [3.63, 3.8) is 0 Å². The first-order valence-corrected chi connectivity index (χ1v) is 13.7. The monoisotopic (exact) mass is 608 g/mol. The van der Waals surface area contributed by atoms with Crippen LogP contribution in [0.4, 0.5) is 5.69 Å². The summed E-state index contributed by atoms with van der Waals surface area (Å²) in [6.45, 7) is 3.12. The largest absolute Gasteiger partial charge is 0.478 e. The molecule has 3 N–H and O–H groups in total. The van der Waals surface area contributed by atoms with E-state index in [1.165, 1.54) is 4.57 Å². The Morgan fingerprint density at radius 3 is 2.23 bits per heavy atom. The van der Waals surface area contributed by atoms with E-state index in [-0.39, 0.29) is 5.56 Å². The number of carbonyl (C=O) groups is 2. The minimum absolute atomic E-state index is 0.294. The van der Waals surface area contributed by atoms with Crippen molar-refractivity contribution in [1.29, 1.82) is 0 Å². The molecule has 13 heteroatoms. The first-order valence-electron chi connectivity index (χ1n) is 12.6. The van der Waals surface area contributed by atoms with Crippen LogP contribution < -0.4 is 16.1 Å². The normalized spacial score (nSPS) is 18.6. The van der Waals surface area contributed by atoms with Gasteiger partial charge in [0.05, 0.1) is 26.0 Å². The van der Waals surface area contributed by atoms with Crippen LogP contribution in [0.1, 0.15) is 19.3 Å². The Kier molecular flexibility index (Phi) is 9.57. The van der Waals surface area contributed by atoms with E-state index in [1.807, 2.05) is 18.2 Å². The van der Waals surface area contributed by atoms with Crippen LogP contribution in [0.2, 0.25) is 15.1 Å². The number of halogens is 3. The van der Waals surface area contributed by atoms with E-state index in [4.69, 9.17) is 45.0 Å². The van der Waals surface area contributed by atoms with Crippen molar-refractivity contribution < 1.29 is 19.8 Å². The molecule has 212 valence electrons. The summed E-state index contributed by atoms with van der Waals surface area (Å²) in [4.78, 5) is 52.1. The number of H-pyrrole nitrogens is 1. The summed E-state index contributed by atoms with van der Waals surface area (Å²) >= 11 is 18.4. The van der Waals surface area contributed by atoms with Gasteiger partial charge >= 0.3 is 17.6 Å². The molecule has 3 fully saturated rings. The minimum Gasteiger partial charge on any atom is -0.478 e. The van der Waals surface area contributed by atoms with Gasteiger partial charge in [-0.2, -0.15) is 0 Å². The molecule has 2 unspecified atom stereocenters. The molecule has 0 radical (unpaired) electrons. The van der Waals surface area contributed by atoms with Crippen LogP contribution in [0.25, 0.3) is 10.9 Å². The van der Waals surface area contributed by atoms with E-state index in [0.29, 0.717) is 56.8 Å². The lowest BCUT2D eigenvalue weighted by Crippen LogP contribution is -2.63. The van der Waals surface area contributed by atoms with E-state index in [1.54, 1.807) is 18.2 Å². The summed E-state index contributed by atoms with van der Waals surface area (Å²) in [7, 11) is 0. The number of carboxylic acid groups (broad SMARTS) is 2. The number of hydrogen-bond donors (Lipinski definition) is 3. The summed E-state index contributed by atoms with van der Waals surface area (Å²) < 4.78 is 1.28. The van der Waals surface area contributed by atoms with E-state index >= 15 is 0 Å². The fourth-order valence-corrected chi connectivity index (χ4v) is 5.70. The molecule has 40 heavy (non-hydrogen) atoms. The van der Waals surface area contributed by atoms with Gasteiger partial charge in [0.15, 0.2) is 0 Å². The van der Waals surface area contributed by atoms with Gasteiger partial charge in [-0.25, -0.2) is 14.4 Å².